The third-order valence-electron chi connectivity index (χ3n) is 3.57. The molecule has 0 bridgehead atoms. The molecule has 8 heteroatoms. The van der Waals surface area contributed by atoms with E-state index in [0.29, 0.717) is 19.4 Å². The summed E-state index contributed by atoms with van der Waals surface area (Å²) in [5.74, 6) is -1.32. The number of nitrogens with zero attached hydrogens (tertiary/aromatic N) is 2. The average molecular weight is 308 g/mol. The monoisotopic (exact) mass is 308 g/mol. The van der Waals surface area contributed by atoms with E-state index in [-0.39, 0.29) is 26.2 Å². The summed E-state index contributed by atoms with van der Waals surface area (Å²) in [5.41, 5.74) is 0. The number of unbranched alkanes of at least 4 members (excludes halogenated alkanes) is 1. The van der Waals surface area contributed by atoms with E-state index in [0.717, 1.165) is 12.8 Å². The van der Waals surface area contributed by atoms with E-state index in [1.807, 2.05) is 6.92 Å². The van der Waals surface area contributed by atoms with Gasteiger partial charge >= 0.3 is 5.97 Å². The smallest absolute Gasteiger partial charge is 0.306 e. The normalized spacial score (nSPS) is 18.6. The molecule has 0 saturated carbocycles. The van der Waals surface area contributed by atoms with E-state index in [9.17, 15) is 13.2 Å². The van der Waals surface area contributed by atoms with Crippen molar-refractivity contribution < 1.29 is 23.4 Å². The Bertz CT molecular complexity index is 404. The number of carboxylic acid groups (broad SMARTS) is 1. The van der Waals surface area contributed by atoms with Crippen molar-refractivity contribution >= 4 is 16.2 Å². The maximum Gasteiger partial charge on any atom is 0.306 e. The zero-order valence-corrected chi connectivity index (χ0v) is 12.7. The molecule has 1 fully saturated rings. The van der Waals surface area contributed by atoms with Gasteiger partial charge in [0.2, 0.25) is 0 Å². The molecule has 0 radical (unpaired) electrons. The molecule has 7 nitrogen and oxygen atoms in total. The molecule has 0 aliphatic carbocycles. The number of hydrogen-bond acceptors (Lipinski definition) is 4. The van der Waals surface area contributed by atoms with Gasteiger partial charge in [-0.05, 0) is 19.3 Å². The first-order valence-corrected chi connectivity index (χ1v) is 8.42. The average Bonchev–Trinajstić information content (AvgIpc) is 2.43. The van der Waals surface area contributed by atoms with E-state index < -0.39 is 22.1 Å². The van der Waals surface area contributed by atoms with Crippen LogP contribution in [0.3, 0.4) is 0 Å². The van der Waals surface area contributed by atoms with E-state index in [1.165, 1.54) is 8.61 Å². The van der Waals surface area contributed by atoms with Gasteiger partial charge in [-0.25, -0.2) is 0 Å². The molecule has 1 heterocycles. The van der Waals surface area contributed by atoms with Gasteiger partial charge in [-0.15, -0.1) is 0 Å². The van der Waals surface area contributed by atoms with Crippen LogP contribution in [-0.2, 0) is 15.0 Å². The predicted molar refractivity (Wildman–Crippen MR) is 74.4 cm³/mol. The summed E-state index contributed by atoms with van der Waals surface area (Å²) in [6, 6.07) is 0. The summed E-state index contributed by atoms with van der Waals surface area (Å²) >= 11 is 0. The molecule has 0 amide bonds. The van der Waals surface area contributed by atoms with Crippen LogP contribution in [0, 0.1) is 5.92 Å². The number of carboxylic acids is 1. The fourth-order valence-corrected chi connectivity index (χ4v) is 3.96. The predicted octanol–water partition coefficient (Wildman–Crippen LogP) is 0.122. The Hall–Kier alpha value is -0.700. The van der Waals surface area contributed by atoms with Gasteiger partial charge in [0, 0.05) is 26.2 Å². The van der Waals surface area contributed by atoms with Crippen molar-refractivity contribution in [3.05, 3.63) is 0 Å². The first-order valence-electron chi connectivity index (χ1n) is 7.02. The van der Waals surface area contributed by atoms with Gasteiger partial charge < -0.3 is 10.2 Å². The Morgan fingerprint density at radius 1 is 1.30 bits per heavy atom. The minimum absolute atomic E-state index is 0.0845. The van der Waals surface area contributed by atoms with Gasteiger partial charge in [0.15, 0.2) is 0 Å². The van der Waals surface area contributed by atoms with Crippen molar-refractivity contribution in [1.82, 2.24) is 8.61 Å². The largest absolute Gasteiger partial charge is 0.481 e. The Kier molecular flexibility index (Phi) is 6.87. The zero-order valence-electron chi connectivity index (χ0n) is 11.9. The standard InChI is InChI=1S/C12H24N2O5S/c1-2-3-6-13(9-10-15)20(18,19)14-7-4-11(5-8-14)12(16)17/h11,15H,2-10H2,1H3,(H,16,17). The van der Waals surface area contributed by atoms with E-state index in [4.69, 9.17) is 10.2 Å². The van der Waals surface area contributed by atoms with Gasteiger partial charge in [0.1, 0.15) is 0 Å². The van der Waals surface area contributed by atoms with Crippen molar-refractivity contribution in [2.24, 2.45) is 5.92 Å². The maximum atomic E-state index is 12.5. The second-order valence-electron chi connectivity index (χ2n) is 5.00. The summed E-state index contributed by atoms with van der Waals surface area (Å²) in [5, 5.41) is 17.9. The number of aliphatic hydroxyl groups excluding tert-OH is 1. The molecule has 118 valence electrons. The highest BCUT2D eigenvalue weighted by Gasteiger charge is 2.34. The number of carbonyl (C=O) groups is 1. The van der Waals surface area contributed by atoms with Gasteiger partial charge in [-0.1, -0.05) is 13.3 Å². The summed E-state index contributed by atoms with van der Waals surface area (Å²) in [7, 11) is -3.59. The maximum absolute atomic E-state index is 12.5. The molecule has 0 spiro atoms. The van der Waals surface area contributed by atoms with E-state index in [1.54, 1.807) is 0 Å². The highest BCUT2D eigenvalue weighted by Crippen LogP contribution is 2.21. The lowest BCUT2D eigenvalue weighted by Crippen LogP contribution is -2.48. The molecule has 0 aromatic carbocycles. The van der Waals surface area contributed by atoms with Crippen LogP contribution in [0.2, 0.25) is 0 Å². The molecule has 20 heavy (non-hydrogen) atoms. The molecule has 1 aliphatic rings. The van der Waals surface area contributed by atoms with Crippen LogP contribution in [-0.4, -0.2) is 66.0 Å². The topological polar surface area (TPSA) is 98.2 Å². The molecule has 1 rings (SSSR count). The zero-order chi connectivity index (χ0) is 15.2. The van der Waals surface area contributed by atoms with Gasteiger partial charge in [0.25, 0.3) is 10.2 Å². The van der Waals surface area contributed by atoms with E-state index >= 15 is 0 Å². The molecular weight excluding hydrogens is 284 g/mol. The highest BCUT2D eigenvalue weighted by atomic mass is 32.2. The minimum Gasteiger partial charge on any atom is -0.481 e. The van der Waals surface area contributed by atoms with Crippen molar-refractivity contribution in [3.8, 4) is 0 Å². The molecule has 2 N–H and O–H groups in total. The highest BCUT2D eigenvalue weighted by molar-refractivity contribution is 7.86. The van der Waals surface area contributed by atoms with E-state index in [2.05, 4.69) is 0 Å². The molecule has 0 unspecified atom stereocenters. The Labute approximate surface area is 120 Å². The first-order chi connectivity index (χ1) is 9.43. The lowest BCUT2D eigenvalue weighted by molar-refractivity contribution is -0.142. The quantitative estimate of drug-likeness (QED) is 0.664. The van der Waals surface area contributed by atoms with Crippen LogP contribution in [0.1, 0.15) is 32.6 Å². The van der Waals surface area contributed by atoms with Gasteiger partial charge in [0.05, 0.1) is 12.5 Å². The Balaban J connectivity index is 2.69. The van der Waals surface area contributed by atoms with Crippen molar-refractivity contribution in [3.63, 3.8) is 0 Å². The minimum atomic E-state index is -3.59. The third kappa shape index (κ3) is 4.41. The summed E-state index contributed by atoms with van der Waals surface area (Å²) in [6.07, 6.45) is 2.30. The van der Waals surface area contributed by atoms with Crippen LogP contribution in [0.25, 0.3) is 0 Å². The molecule has 1 aliphatic heterocycles. The third-order valence-corrected chi connectivity index (χ3v) is 5.60. The van der Waals surface area contributed by atoms with Crippen molar-refractivity contribution in [2.45, 2.75) is 32.6 Å². The van der Waals surface area contributed by atoms with Crippen LogP contribution < -0.4 is 0 Å². The number of piperidine rings is 1. The summed E-state index contributed by atoms with van der Waals surface area (Å²) < 4.78 is 27.5. The molecular formula is C12H24N2O5S. The fraction of sp³-hybridized carbons (Fsp3) is 0.917. The Morgan fingerprint density at radius 3 is 2.35 bits per heavy atom. The fourth-order valence-electron chi connectivity index (χ4n) is 2.29. The van der Waals surface area contributed by atoms with Crippen LogP contribution in [0.5, 0.6) is 0 Å². The second-order valence-corrected chi connectivity index (χ2v) is 6.92. The molecule has 0 atom stereocenters. The number of rotatable bonds is 8. The van der Waals surface area contributed by atoms with Crippen LogP contribution in [0.4, 0.5) is 0 Å². The SMILES string of the molecule is CCCCN(CCO)S(=O)(=O)N1CCC(C(=O)O)CC1. The van der Waals surface area contributed by atoms with Gasteiger partial charge in [-0.3, -0.25) is 4.79 Å². The summed E-state index contributed by atoms with van der Waals surface area (Å²) in [4.78, 5) is 10.9. The van der Waals surface area contributed by atoms with Crippen molar-refractivity contribution in [1.29, 1.82) is 0 Å². The van der Waals surface area contributed by atoms with Crippen LogP contribution >= 0.6 is 0 Å². The first kappa shape index (κ1) is 17.4. The van der Waals surface area contributed by atoms with Gasteiger partial charge in [-0.2, -0.15) is 17.0 Å². The number of hydrogen-bond donors (Lipinski definition) is 2. The van der Waals surface area contributed by atoms with Crippen molar-refractivity contribution in [2.75, 3.05) is 32.8 Å². The lowest BCUT2D eigenvalue weighted by atomic mass is 9.99. The number of aliphatic hydroxyl groups is 1. The van der Waals surface area contributed by atoms with Crippen LogP contribution in [0.15, 0.2) is 0 Å². The molecule has 0 aromatic heterocycles. The lowest BCUT2D eigenvalue weighted by Gasteiger charge is -2.33. The number of aliphatic carboxylic acids is 1. The summed E-state index contributed by atoms with van der Waals surface area (Å²) in [6.45, 7) is 2.69. The molecule has 1 saturated heterocycles. The molecule has 0 aromatic rings. The Morgan fingerprint density at radius 2 is 1.90 bits per heavy atom. The second kappa shape index (κ2) is 7.92.